The molecule has 132 valence electrons. The zero-order valence-corrected chi connectivity index (χ0v) is 17.9. The van der Waals surface area contributed by atoms with Gasteiger partial charge in [-0.2, -0.15) is 8.42 Å². The molecule has 1 heterocycles. The summed E-state index contributed by atoms with van der Waals surface area (Å²) in [5.74, 6) is -1.20. The van der Waals surface area contributed by atoms with Crippen LogP contribution in [0.1, 0.15) is 25.0 Å². The van der Waals surface area contributed by atoms with Crippen molar-refractivity contribution in [1.29, 1.82) is 0 Å². The summed E-state index contributed by atoms with van der Waals surface area (Å²) >= 11 is 0. The number of rotatable bonds is 1. The van der Waals surface area contributed by atoms with Gasteiger partial charge in [-0.05, 0) is 37.1 Å². The van der Waals surface area contributed by atoms with E-state index in [-0.39, 0.29) is 45.9 Å². The van der Waals surface area contributed by atoms with Crippen molar-refractivity contribution in [1.82, 2.24) is 0 Å². The minimum Gasteiger partial charge on any atom is -0.871 e. The Morgan fingerprint density at radius 3 is 2.41 bits per heavy atom. The summed E-state index contributed by atoms with van der Waals surface area (Å²) < 4.78 is 28.7. The van der Waals surface area contributed by atoms with E-state index in [2.05, 4.69) is 9.71 Å². The van der Waals surface area contributed by atoms with Gasteiger partial charge in [-0.15, -0.1) is 4.40 Å². The van der Waals surface area contributed by atoms with Crippen LogP contribution in [0.3, 0.4) is 0 Å². The van der Waals surface area contributed by atoms with Gasteiger partial charge in [0.25, 0.3) is 10.0 Å². The van der Waals surface area contributed by atoms with E-state index < -0.39 is 27.0 Å². The summed E-state index contributed by atoms with van der Waals surface area (Å²) in [5, 5.41) is 15.8. The molecule has 4 rings (SSSR count). The first-order valence-corrected chi connectivity index (χ1v) is 9.45. The molecule has 1 aliphatic heterocycles. The Morgan fingerprint density at radius 1 is 1.04 bits per heavy atom. The van der Waals surface area contributed by atoms with Crippen molar-refractivity contribution in [2.45, 2.75) is 24.2 Å². The summed E-state index contributed by atoms with van der Waals surface area (Å²) in [5.41, 5.74) is 0.102. The number of sulfonamides is 1. The number of anilines is 1. The number of carbonyl (C=O) groups is 1. The maximum atomic E-state index is 13.1. The number of fused-ring (bicyclic) bond motifs is 2. The molecule has 1 aliphatic carbocycles. The standard InChI is InChI=1S/C19H16N2O4S.Na/c1-19(2)12-8-4-3-7-11(12)16(22)15(17(19)23)18-20-13-9-5-6-10-14(13)26(24,25)21-18;/h3-10,22H,1-2H3,(H,20,21);/q;+1/p-1. The third-order valence-electron chi connectivity index (χ3n) is 4.73. The number of benzene rings is 2. The molecule has 0 radical (unpaired) electrons. The van der Waals surface area contributed by atoms with E-state index in [0.717, 1.165) is 0 Å². The van der Waals surface area contributed by atoms with Gasteiger partial charge in [-0.3, -0.25) is 4.79 Å². The molecule has 2 aromatic rings. The molecular weight excluding hydrogens is 375 g/mol. The van der Waals surface area contributed by atoms with Crippen molar-refractivity contribution in [3.8, 4) is 0 Å². The molecule has 2 aliphatic rings. The van der Waals surface area contributed by atoms with Crippen molar-refractivity contribution in [2.24, 2.45) is 4.40 Å². The summed E-state index contributed by atoms with van der Waals surface area (Å²) in [6.45, 7) is 3.43. The van der Waals surface area contributed by atoms with Crippen molar-refractivity contribution in [3.05, 3.63) is 65.2 Å². The fourth-order valence-corrected chi connectivity index (χ4v) is 4.46. The molecule has 8 heteroatoms. The van der Waals surface area contributed by atoms with Crippen molar-refractivity contribution in [2.75, 3.05) is 5.32 Å². The van der Waals surface area contributed by atoms with Crippen LogP contribution in [-0.2, 0) is 20.2 Å². The molecule has 27 heavy (non-hydrogen) atoms. The third-order valence-corrected chi connectivity index (χ3v) is 6.07. The van der Waals surface area contributed by atoms with Crippen LogP contribution < -0.4 is 40.0 Å². The van der Waals surface area contributed by atoms with Crippen LogP contribution in [-0.4, -0.2) is 20.0 Å². The van der Waals surface area contributed by atoms with E-state index in [4.69, 9.17) is 0 Å². The number of nitrogens with one attached hydrogen (secondary N) is 1. The average molecular weight is 390 g/mol. The van der Waals surface area contributed by atoms with E-state index in [1.165, 1.54) is 6.07 Å². The van der Waals surface area contributed by atoms with Crippen LogP contribution in [0, 0.1) is 0 Å². The van der Waals surface area contributed by atoms with Gasteiger partial charge in [0, 0.05) is 0 Å². The molecule has 0 atom stereocenters. The second-order valence-electron chi connectivity index (χ2n) is 6.74. The van der Waals surface area contributed by atoms with Gasteiger partial charge in [-0.1, -0.05) is 42.2 Å². The Balaban J connectivity index is 0.00000210. The van der Waals surface area contributed by atoms with Gasteiger partial charge >= 0.3 is 29.6 Å². The quantitative estimate of drug-likeness (QED) is 0.619. The smallest absolute Gasteiger partial charge is 0.871 e. The van der Waals surface area contributed by atoms with Crippen LogP contribution in [0.2, 0.25) is 0 Å². The molecule has 0 unspecified atom stereocenters. The predicted octanol–water partition coefficient (Wildman–Crippen LogP) is -1.16. The zero-order chi connectivity index (χ0) is 18.7. The molecule has 0 spiro atoms. The first kappa shape index (κ1) is 19.8. The van der Waals surface area contributed by atoms with E-state index in [1.807, 2.05) is 0 Å². The minimum atomic E-state index is -4.00. The van der Waals surface area contributed by atoms with Crippen molar-refractivity contribution < 1.29 is 47.9 Å². The molecule has 0 saturated carbocycles. The summed E-state index contributed by atoms with van der Waals surface area (Å²) in [4.78, 5) is 13.1. The Hall–Kier alpha value is -1.93. The van der Waals surface area contributed by atoms with E-state index >= 15 is 0 Å². The maximum absolute atomic E-state index is 13.1. The molecule has 0 fully saturated rings. The predicted molar refractivity (Wildman–Crippen MR) is 96.1 cm³/mol. The van der Waals surface area contributed by atoms with Gasteiger partial charge in [0.15, 0.2) is 11.6 Å². The molecule has 2 aromatic carbocycles. The Bertz CT molecular complexity index is 1130. The van der Waals surface area contributed by atoms with Gasteiger partial charge in [0.2, 0.25) is 0 Å². The van der Waals surface area contributed by atoms with E-state index in [1.54, 1.807) is 56.3 Å². The molecular formula is C19H15N2NaO4S. The topological polar surface area (TPSA) is 98.7 Å². The van der Waals surface area contributed by atoms with Crippen LogP contribution in [0.15, 0.2) is 63.4 Å². The number of amidine groups is 1. The molecule has 0 aromatic heterocycles. The van der Waals surface area contributed by atoms with Crippen LogP contribution in [0.25, 0.3) is 5.76 Å². The molecule has 0 saturated heterocycles. The average Bonchev–Trinajstić information content (AvgIpc) is 2.60. The number of hydrogen-bond acceptors (Lipinski definition) is 5. The monoisotopic (exact) mass is 390 g/mol. The number of para-hydroxylation sites is 1. The molecule has 1 N–H and O–H groups in total. The number of ketones is 1. The van der Waals surface area contributed by atoms with Crippen molar-refractivity contribution >= 4 is 33.1 Å². The summed E-state index contributed by atoms with van der Waals surface area (Å²) in [6, 6.07) is 13.1. The third kappa shape index (κ3) is 2.95. The SMILES string of the molecule is CC1(C)C(=O)C(C2=NS(=O)(=O)c3ccccc3N2)=C([O-])c2ccccc21.[Na+]. The number of Topliss-reactive ketones (excluding diaryl/α,β-unsaturated/α-hetero) is 1. The minimum absolute atomic E-state index is 0. The summed E-state index contributed by atoms with van der Waals surface area (Å²) in [6.07, 6.45) is 0. The van der Waals surface area contributed by atoms with E-state index in [0.29, 0.717) is 16.8 Å². The first-order valence-electron chi connectivity index (χ1n) is 8.01. The van der Waals surface area contributed by atoms with Gasteiger partial charge < -0.3 is 10.4 Å². The van der Waals surface area contributed by atoms with E-state index in [9.17, 15) is 18.3 Å². The van der Waals surface area contributed by atoms with Gasteiger partial charge in [-0.25, -0.2) is 0 Å². The number of nitrogens with zero attached hydrogens (tertiary/aromatic N) is 1. The summed E-state index contributed by atoms with van der Waals surface area (Å²) in [7, 11) is -4.00. The van der Waals surface area contributed by atoms with Crippen LogP contribution in [0.4, 0.5) is 5.69 Å². The normalized spacial score (nSPS) is 19.2. The second kappa shape index (κ2) is 6.60. The largest absolute Gasteiger partial charge is 1.00 e. The zero-order valence-electron chi connectivity index (χ0n) is 15.1. The Labute approximate surface area is 179 Å². The maximum Gasteiger partial charge on any atom is 1.00 e. The molecule has 0 bridgehead atoms. The second-order valence-corrected chi connectivity index (χ2v) is 8.31. The van der Waals surface area contributed by atoms with Crippen LogP contribution >= 0.6 is 0 Å². The molecule has 0 amide bonds. The Morgan fingerprint density at radius 2 is 1.67 bits per heavy atom. The number of carbonyl (C=O) groups excluding carboxylic acids is 1. The fourth-order valence-electron chi connectivity index (χ4n) is 3.34. The first-order chi connectivity index (χ1) is 12.2. The fraction of sp³-hybridized carbons (Fsp3) is 0.158. The van der Waals surface area contributed by atoms with Crippen molar-refractivity contribution in [3.63, 3.8) is 0 Å². The molecule has 6 nitrogen and oxygen atoms in total. The van der Waals surface area contributed by atoms with Gasteiger partial charge in [0.05, 0.1) is 16.7 Å². The van der Waals surface area contributed by atoms with Gasteiger partial charge in [0.1, 0.15) is 4.90 Å². The Kier molecular flexibility index (Phi) is 4.84. The van der Waals surface area contributed by atoms with Crippen LogP contribution in [0.5, 0.6) is 0 Å². The number of hydrogen-bond donors (Lipinski definition) is 1.